The lowest BCUT2D eigenvalue weighted by atomic mass is 9.85. The Morgan fingerprint density at radius 3 is 2.33 bits per heavy atom. The number of carbonyl (C=O) groups is 3. The summed E-state index contributed by atoms with van der Waals surface area (Å²) in [6, 6.07) is 6.21. The van der Waals surface area contributed by atoms with Gasteiger partial charge in [0.15, 0.2) is 0 Å². The molecular formula is C25H36N4O4. The molecule has 0 bridgehead atoms. The summed E-state index contributed by atoms with van der Waals surface area (Å²) in [6.07, 6.45) is 3.97. The molecule has 0 aliphatic heterocycles. The zero-order valence-corrected chi connectivity index (χ0v) is 20.5. The first-order valence-electron chi connectivity index (χ1n) is 11.1. The number of rotatable bonds is 9. The minimum absolute atomic E-state index is 0.143. The van der Waals surface area contributed by atoms with Crippen molar-refractivity contribution in [3.63, 3.8) is 0 Å². The Kier molecular flexibility index (Phi) is 8.44. The molecule has 0 fully saturated rings. The van der Waals surface area contributed by atoms with Crippen LogP contribution in [0.15, 0.2) is 42.1 Å². The van der Waals surface area contributed by atoms with Crippen molar-refractivity contribution < 1.29 is 19.5 Å². The smallest absolute Gasteiger partial charge is 0.331 e. The van der Waals surface area contributed by atoms with Gasteiger partial charge in [-0.05, 0) is 44.4 Å². The number of fused-ring (bicyclic) bond motifs is 1. The Bertz CT molecular complexity index is 1050. The third-order valence-electron chi connectivity index (χ3n) is 5.69. The molecule has 8 nitrogen and oxygen atoms in total. The molecule has 4 N–H and O–H groups in total. The van der Waals surface area contributed by atoms with Crippen LogP contribution in [0.1, 0.15) is 40.2 Å². The van der Waals surface area contributed by atoms with Crippen molar-refractivity contribution in [2.45, 2.75) is 59.2 Å². The number of nitrogens with one attached hydrogen (secondary N) is 3. The number of amides is 2. The predicted octanol–water partition coefficient (Wildman–Crippen LogP) is 2.38. The zero-order chi connectivity index (χ0) is 24.9. The van der Waals surface area contributed by atoms with E-state index in [4.69, 9.17) is 5.11 Å². The zero-order valence-electron chi connectivity index (χ0n) is 20.5. The van der Waals surface area contributed by atoms with E-state index in [0.29, 0.717) is 6.42 Å². The number of aryl methyl sites for hydroxylation is 1. The number of aromatic nitrogens is 1. The summed E-state index contributed by atoms with van der Waals surface area (Å²) >= 11 is 0. The Morgan fingerprint density at radius 1 is 1.12 bits per heavy atom. The average molecular weight is 457 g/mol. The SMILES string of the molecule is CN[C@@H](Cc1cn(C)c2ccccc12)C(=O)N[C@H](C(=O)N[C@H](C)/C=C(\C)C(=O)O)C(C)(C)C. The molecule has 0 spiro atoms. The first-order chi connectivity index (χ1) is 15.3. The van der Waals surface area contributed by atoms with Gasteiger partial charge in [0.2, 0.25) is 11.8 Å². The number of hydrogen-bond acceptors (Lipinski definition) is 4. The van der Waals surface area contributed by atoms with Crippen molar-refractivity contribution >= 4 is 28.7 Å². The number of carbonyl (C=O) groups excluding carboxylic acids is 2. The molecule has 0 radical (unpaired) electrons. The van der Waals surface area contributed by atoms with Gasteiger partial charge >= 0.3 is 5.97 Å². The molecule has 0 saturated carbocycles. The highest BCUT2D eigenvalue weighted by Crippen LogP contribution is 2.23. The van der Waals surface area contributed by atoms with Crippen molar-refractivity contribution in [2.75, 3.05) is 7.05 Å². The van der Waals surface area contributed by atoms with E-state index in [1.807, 2.05) is 62.8 Å². The van der Waals surface area contributed by atoms with Crippen LogP contribution in [0.25, 0.3) is 10.9 Å². The monoisotopic (exact) mass is 456 g/mol. The third kappa shape index (κ3) is 6.68. The highest BCUT2D eigenvalue weighted by atomic mass is 16.4. The fraction of sp³-hybridized carbons (Fsp3) is 0.480. The van der Waals surface area contributed by atoms with Crippen molar-refractivity contribution in [1.82, 2.24) is 20.5 Å². The molecule has 0 unspecified atom stereocenters. The van der Waals surface area contributed by atoms with Crippen molar-refractivity contribution in [1.29, 1.82) is 0 Å². The number of likely N-dealkylation sites (N-methyl/N-ethyl adjacent to an activating group) is 1. The molecule has 33 heavy (non-hydrogen) atoms. The van der Waals surface area contributed by atoms with E-state index in [-0.39, 0.29) is 17.4 Å². The minimum atomic E-state index is -1.04. The Morgan fingerprint density at radius 2 is 1.76 bits per heavy atom. The predicted molar refractivity (Wildman–Crippen MR) is 130 cm³/mol. The number of hydrogen-bond donors (Lipinski definition) is 4. The van der Waals surface area contributed by atoms with Crippen LogP contribution in [0.5, 0.6) is 0 Å². The fourth-order valence-corrected chi connectivity index (χ4v) is 3.85. The van der Waals surface area contributed by atoms with Crippen LogP contribution in [0.3, 0.4) is 0 Å². The first-order valence-corrected chi connectivity index (χ1v) is 11.1. The second-order valence-corrected chi connectivity index (χ2v) is 9.59. The van der Waals surface area contributed by atoms with Crippen LogP contribution in [0.2, 0.25) is 0 Å². The highest BCUT2D eigenvalue weighted by molar-refractivity contribution is 5.92. The van der Waals surface area contributed by atoms with E-state index in [9.17, 15) is 14.4 Å². The quantitative estimate of drug-likeness (QED) is 0.433. The molecule has 0 aliphatic carbocycles. The summed E-state index contributed by atoms with van der Waals surface area (Å²) in [5.41, 5.74) is 1.73. The van der Waals surface area contributed by atoms with Crippen LogP contribution in [0.4, 0.5) is 0 Å². The van der Waals surface area contributed by atoms with Crippen molar-refractivity contribution in [3.8, 4) is 0 Å². The minimum Gasteiger partial charge on any atom is -0.478 e. The largest absolute Gasteiger partial charge is 0.478 e. The highest BCUT2D eigenvalue weighted by Gasteiger charge is 2.35. The van der Waals surface area contributed by atoms with Crippen LogP contribution < -0.4 is 16.0 Å². The van der Waals surface area contributed by atoms with Crippen LogP contribution in [-0.4, -0.2) is 52.6 Å². The van der Waals surface area contributed by atoms with Gasteiger partial charge in [0, 0.05) is 35.8 Å². The second kappa shape index (κ2) is 10.7. The number of para-hydroxylation sites is 1. The van der Waals surface area contributed by atoms with E-state index in [0.717, 1.165) is 16.5 Å². The Balaban J connectivity index is 2.18. The van der Waals surface area contributed by atoms with Crippen LogP contribution in [-0.2, 0) is 27.9 Å². The van der Waals surface area contributed by atoms with Gasteiger partial charge < -0.3 is 25.6 Å². The van der Waals surface area contributed by atoms with Crippen LogP contribution in [0, 0.1) is 5.41 Å². The molecule has 1 aromatic carbocycles. The molecular weight excluding hydrogens is 420 g/mol. The fourth-order valence-electron chi connectivity index (χ4n) is 3.85. The number of aliphatic carboxylic acids is 1. The molecule has 3 atom stereocenters. The van der Waals surface area contributed by atoms with E-state index >= 15 is 0 Å². The van der Waals surface area contributed by atoms with Gasteiger partial charge in [-0.15, -0.1) is 0 Å². The maximum absolute atomic E-state index is 13.2. The second-order valence-electron chi connectivity index (χ2n) is 9.59. The van der Waals surface area contributed by atoms with Crippen LogP contribution >= 0.6 is 0 Å². The van der Waals surface area contributed by atoms with Crippen molar-refractivity contribution in [2.24, 2.45) is 12.5 Å². The lowest BCUT2D eigenvalue weighted by Crippen LogP contribution is -2.58. The number of benzene rings is 1. The Labute approximate surface area is 195 Å². The van der Waals surface area contributed by atoms with E-state index in [1.54, 1.807) is 14.0 Å². The molecule has 1 aromatic heterocycles. The van der Waals surface area contributed by atoms with Crippen molar-refractivity contribution in [3.05, 3.63) is 47.7 Å². The lowest BCUT2D eigenvalue weighted by Gasteiger charge is -2.32. The maximum Gasteiger partial charge on any atom is 0.331 e. The summed E-state index contributed by atoms with van der Waals surface area (Å²) in [5, 5.41) is 18.9. The summed E-state index contributed by atoms with van der Waals surface area (Å²) < 4.78 is 2.04. The van der Waals surface area contributed by atoms with Gasteiger partial charge in [-0.3, -0.25) is 9.59 Å². The molecule has 2 rings (SSSR count). The Hall–Kier alpha value is -3.13. The molecule has 2 amide bonds. The summed E-state index contributed by atoms with van der Waals surface area (Å²) in [4.78, 5) is 37.2. The van der Waals surface area contributed by atoms with Gasteiger partial charge in [0.05, 0.1) is 6.04 Å². The molecule has 1 heterocycles. The van der Waals surface area contributed by atoms with Gasteiger partial charge in [0.1, 0.15) is 6.04 Å². The summed E-state index contributed by atoms with van der Waals surface area (Å²) in [5.74, 6) is -1.68. The summed E-state index contributed by atoms with van der Waals surface area (Å²) in [6.45, 7) is 8.79. The average Bonchev–Trinajstić information content (AvgIpc) is 3.04. The van der Waals surface area contributed by atoms with E-state index in [1.165, 1.54) is 13.0 Å². The molecule has 8 heteroatoms. The van der Waals surface area contributed by atoms with E-state index < -0.39 is 29.5 Å². The van der Waals surface area contributed by atoms with Gasteiger partial charge in [0.25, 0.3) is 0 Å². The lowest BCUT2D eigenvalue weighted by molar-refractivity contribution is -0.133. The topological polar surface area (TPSA) is 112 Å². The van der Waals surface area contributed by atoms with Gasteiger partial charge in [-0.25, -0.2) is 4.79 Å². The van der Waals surface area contributed by atoms with Gasteiger partial charge in [-0.2, -0.15) is 0 Å². The maximum atomic E-state index is 13.2. The normalized spacial score (nSPS) is 15.1. The molecule has 0 aliphatic rings. The molecule has 180 valence electrons. The van der Waals surface area contributed by atoms with E-state index in [2.05, 4.69) is 16.0 Å². The third-order valence-corrected chi connectivity index (χ3v) is 5.69. The molecule has 2 aromatic rings. The first kappa shape index (κ1) is 26.1. The molecule has 0 saturated heterocycles. The number of nitrogens with zero attached hydrogens (tertiary/aromatic N) is 1. The number of carboxylic acid groups (broad SMARTS) is 1. The van der Waals surface area contributed by atoms with Gasteiger partial charge in [-0.1, -0.05) is 45.0 Å². The standard InChI is InChI=1S/C25H36N4O4/c1-15(24(32)33)12-16(2)27-23(31)21(25(3,4)5)28-22(30)19(26-6)13-17-14-29(7)20-11-9-8-10-18(17)20/h8-12,14,16,19,21,26H,13H2,1-7H3,(H,27,31)(H,28,30)(H,32,33)/b15-12+/t16-,19+,21-/m1/s1. The summed E-state index contributed by atoms with van der Waals surface area (Å²) in [7, 11) is 3.70. The number of carboxylic acids is 1.